The summed E-state index contributed by atoms with van der Waals surface area (Å²) in [6.07, 6.45) is 2.25. The largest absolute Gasteiger partial charge is 0.489 e. The van der Waals surface area contributed by atoms with Crippen LogP contribution < -0.4 is 10.1 Å². The van der Waals surface area contributed by atoms with E-state index in [1.54, 1.807) is 0 Å². The van der Waals surface area contributed by atoms with Crippen molar-refractivity contribution in [3.05, 3.63) is 51.7 Å². The SMILES string of the molecule is CCNC(CCc1cccs1)C(C)Oc1cccc(Cl)c1. The molecular formula is C17H22ClNOS. The second-order valence-corrected chi connectivity index (χ2v) is 6.53. The molecule has 4 heteroatoms. The van der Waals surface area contributed by atoms with Crippen molar-refractivity contribution in [1.29, 1.82) is 0 Å². The third kappa shape index (κ3) is 5.34. The van der Waals surface area contributed by atoms with Crippen molar-refractivity contribution in [3.8, 4) is 5.75 Å². The van der Waals surface area contributed by atoms with Crippen molar-refractivity contribution in [3.63, 3.8) is 0 Å². The first-order chi connectivity index (χ1) is 10.2. The van der Waals surface area contributed by atoms with Crippen molar-refractivity contribution < 1.29 is 4.74 Å². The average molecular weight is 324 g/mol. The number of hydrogen-bond acceptors (Lipinski definition) is 3. The topological polar surface area (TPSA) is 21.3 Å². The molecule has 0 radical (unpaired) electrons. The number of halogens is 1. The molecule has 2 unspecified atom stereocenters. The number of nitrogens with one attached hydrogen (secondary N) is 1. The Hall–Kier alpha value is -1.03. The molecule has 0 saturated heterocycles. The third-order valence-electron chi connectivity index (χ3n) is 3.43. The van der Waals surface area contributed by atoms with Gasteiger partial charge in [0.2, 0.25) is 0 Å². The summed E-state index contributed by atoms with van der Waals surface area (Å²) in [5.74, 6) is 0.828. The zero-order valence-electron chi connectivity index (χ0n) is 12.5. The fraction of sp³-hybridized carbons (Fsp3) is 0.412. The van der Waals surface area contributed by atoms with Crippen molar-refractivity contribution in [2.75, 3.05) is 6.54 Å². The highest BCUT2D eigenvalue weighted by atomic mass is 35.5. The Labute approximate surface area is 136 Å². The van der Waals surface area contributed by atoms with Gasteiger partial charge >= 0.3 is 0 Å². The number of hydrogen-bond donors (Lipinski definition) is 1. The van der Waals surface area contributed by atoms with E-state index in [-0.39, 0.29) is 6.10 Å². The standard InChI is InChI=1S/C17H22ClNOS/c1-3-19-17(10-9-16-8-5-11-21-16)13(2)20-15-7-4-6-14(18)12-15/h4-8,11-13,17,19H,3,9-10H2,1-2H3. The molecular weight excluding hydrogens is 302 g/mol. The summed E-state index contributed by atoms with van der Waals surface area (Å²) in [5.41, 5.74) is 0. The summed E-state index contributed by atoms with van der Waals surface area (Å²) in [6.45, 7) is 5.19. The number of rotatable bonds is 8. The van der Waals surface area contributed by atoms with Crippen LogP contribution in [0.25, 0.3) is 0 Å². The van der Waals surface area contributed by atoms with Gasteiger partial charge in [-0.15, -0.1) is 11.3 Å². The molecule has 0 aliphatic heterocycles. The maximum absolute atomic E-state index is 6.04. The molecule has 1 aromatic heterocycles. The van der Waals surface area contributed by atoms with Gasteiger partial charge in [-0.1, -0.05) is 30.7 Å². The average Bonchev–Trinajstić information content (AvgIpc) is 2.96. The highest BCUT2D eigenvalue weighted by Crippen LogP contribution is 2.20. The zero-order chi connectivity index (χ0) is 15.1. The van der Waals surface area contributed by atoms with Crippen LogP contribution in [0.15, 0.2) is 41.8 Å². The van der Waals surface area contributed by atoms with Gasteiger partial charge in [-0.3, -0.25) is 0 Å². The monoisotopic (exact) mass is 323 g/mol. The van der Waals surface area contributed by atoms with Crippen molar-refractivity contribution in [2.45, 2.75) is 38.8 Å². The number of aryl methyl sites for hydroxylation is 1. The Morgan fingerprint density at radius 1 is 1.29 bits per heavy atom. The first-order valence-corrected chi connectivity index (χ1v) is 8.62. The number of ether oxygens (including phenoxy) is 1. The first-order valence-electron chi connectivity index (χ1n) is 7.37. The second kappa shape index (κ2) is 8.42. The Bertz CT molecular complexity index is 529. The smallest absolute Gasteiger partial charge is 0.121 e. The third-order valence-corrected chi connectivity index (χ3v) is 4.60. The highest BCUT2D eigenvalue weighted by Gasteiger charge is 2.18. The number of likely N-dealkylation sites (N-methyl/N-ethyl adjacent to an activating group) is 1. The van der Waals surface area contributed by atoms with Crippen LogP contribution in [0.4, 0.5) is 0 Å². The lowest BCUT2D eigenvalue weighted by Crippen LogP contribution is -2.41. The zero-order valence-corrected chi connectivity index (χ0v) is 14.1. The Morgan fingerprint density at radius 3 is 2.81 bits per heavy atom. The molecule has 0 fully saturated rings. The lowest BCUT2D eigenvalue weighted by Gasteiger charge is -2.25. The molecule has 1 N–H and O–H groups in total. The summed E-state index contributed by atoms with van der Waals surface area (Å²) in [6, 6.07) is 12.2. The van der Waals surface area contributed by atoms with Gasteiger partial charge in [-0.2, -0.15) is 0 Å². The van der Waals surface area contributed by atoms with Crippen LogP contribution in [0.3, 0.4) is 0 Å². The lowest BCUT2D eigenvalue weighted by molar-refractivity contribution is 0.166. The molecule has 21 heavy (non-hydrogen) atoms. The van der Waals surface area contributed by atoms with Crippen molar-refractivity contribution >= 4 is 22.9 Å². The van der Waals surface area contributed by atoms with E-state index < -0.39 is 0 Å². The lowest BCUT2D eigenvalue weighted by atomic mass is 10.1. The van der Waals surface area contributed by atoms with E-state index in [4.69, 9.17) is 16.3 Å². The van der Waals surface area contributed by atoms with E-state index >= 15 is 0 Å². The normalized spacial score (nSPS) is 13.9. The van der Waals surface area contributed by atoms with E-state index in [0.717, 1.165) is 25.1 Å². The van der Waals surface area contributed by atoms with E-state index in [2.05, 4.69) is 36.7 Å². The summed E-state index contributed by atoms with van der Waals surface area (Å²) in [5, 5.41) is 6.36. The van der Waals surface area contributed by atoms with Crippen LogP contribution in [0.5, 0.6) is 5.75 Å². The van der Waals surface area contributed by atoms with Crippen molar-refractivity contribution in [2.24, 2.45) is 0 Å². The van der Waals surface area contributed by atoms with Crippen LogP contribution in [0, 0.1) is 0 Å². The second-order valence-electron chi connectivity index (χ2n) is 5.06. The van der Waals surface area contributed by atoms with Gasteiger partial charge in [-0.25, -0.2) is 0 Å². The van der Waals surface area contributed by atoms with Crippen LogP contribution in [0.2, 0.25) is 5.02 Å². The Morgan fingerprint density at radius 2 is 2.14 bits per heavy atom. The molecule has 0 spiro atoms. The molecule has 114 valence electrons. The predicted octanol–water partition coefficient (Wildman–Crippen LogP) is 4.78. The van der Waals surface area contributed by atoms with E-state index in [1.807, 2.05) is 35.6 Å². The molecule has 0 saturated carbocycles. The molecule has 2 nitrogen and oxygen atoms in total. The summed E-state index contributed by atoms with van der Waals surface area (Å²) < 4.78 is 6.04. The van der Waals surface area contributed by atoms with Crippen LogP contribution in [0.1, 0.15) is 25.1 Å². The summed E-state index contributed by atoms with van der Waals surface area (Å²) in [7, 11) is 0. The van der Waals surface area contributed by atoms with Gasteiger partial charge in [0.05, 0.1) is 0 Å². The van der Waals surface area contributed by atoms with E-state index in [9.17, 15) is 0 Å². The minimum atomic E-state index is 0.100. The Balaban J connectivity index is 1.92. The highest BCUT2D eigenvalue weighted by molar-refractivity contribution is 7.09. The van der Waals surface area contributed by atoms with Crippen LogP contribution in [-0.4, -0.2) is 18.7 Å². The Kier molecular flexibility index (Phi) is 6.55. The minimum absolute atomic E-state index is 0.100. The molecule has 0 aliphatic rings. The van der Waals surface area contributed by atoms with Crippen LogP contribution >= 0.6 is 22.9 Å². The van der Waals surface area contributed by atoms with Gasteiger partial charge in [0.1, 0.15) is 11.9 Å². The molecule has 0 amide bonds. The fourth-order valence-corrected chi connectivity index (χ4v) is 3.26. The van der Waals surface area contributed by atoms with Gasteiger partial charge in [0, 0.05) is 15.9 Å². The maximum Gasteiger partial charge on any atom is 0.121 e. The van der Waals surface area contributed by atoms with E-state index in [0.29, 0.717) is 11.1 Å². The molecule has 2 rings (SSSR count). The quantitative estimate of drug-likeness (QED) is 0.755. The molecule has 0 bridgehead atoms. The van der Waals surface area contributed by atoms with Gasteiger partial charge in [0.25, 0.3) is 0 Å². The molecule has 0 aliphatic carbocycles. The molecule has 1 aromatic carbocycles. The van der Waals surface area contributed by atoms with Gasteiger partial charge in [-0.05, 0) is 56.0 Å². The maximum atomic E-state index is 6.04. The number of thiophene rings is 1. The van der Waals surface area contributed by atoms with E-state index in [1.165, 1.54) is 4.88 Å². The summed E-state index contributed by atoms with van der Waals surface area (Å²) >= 11 is 7.82. The molecule has 1 heterocycles. The van der Waals surface area contributed by atoms with Gasteiger partial charge in [0.15, 0.2) is 0 Å². The summed E-state index contributed by atoms with van der Waals surface area (Å²) in [4.78, 5) is 1.42. The minimum Gasteiger partial charge on any atom is -0.489 e. The predicted molar refractivity (Wildman–Crippen MR) is 91.6 cm³/mol. The molecule has 2 aromatic rings. The molecule has 2 atom stereocenters. The fourth-order valence-electron chi connectivity index (χ4n) is 2.35. The van der Waals surface area contributed by atoms with Gasteiger partial charge < -0.3 is 10.1 Å². The van der Waals surface area contributed by atoms with Crippen molar-refractivity contribution in [1.82, 2.24) is 5.32 Å². The van der Waals surface area contributed by atoms with Crippen LogP contribution in [-0.2, 0) is 6.42 Å². The first kappa shape index (κ1) is 16.3. The number of benzene rings is 1.